The highest BCUT2D eigenvalue weighted by atomic mass is 16.5. The van der Waals surface area contributed by atoms with E-state index >= 15 is 0 Å². The summed E-state index contributed by atoms with van der Waals surface area (Å²) >= 11 is 0. The van der Waals surface area contributed by atoms with Crippen LogP contribution in [0.15, 0.2) is 36.5 Å². The average Bonchev–Trinajstić information content (AvgIpc) is 2.61. The smallest absolute Gasteiger partial charge is 0.259 e. The minimum Gasteiger partial charge on any atom is -0.377 e. The normalized spacial score (nSPS) is 16.4. The molecule has 1 amide bonds. The third-order valence-electron chi connectivity index (χ3n) is 4.30. The van der Waals surface area contributed by atoms with Crippen LogP contribution in [0, 0.1) is 0 Å². The molecule has 0 radical (unpaired) electrons. The van der Waals surface area contributed by atoms with E-state index in [9.17, 15) is 9.90 Å². The van der Waals surface area contributed by atoms with E-state index < -0.39 is 5.60 Å². The molecule has 6 heteroatoms. The van der Waals surface area contributed by atoms with Gasteiger partial charge < -0.3 is 14.7 Å². The predicted octanol–water partition coefficient (Wildman–Crippen LogP) is 1.42. The molecule has 6 nitrogen and oxygen atoms in total. The van der Waals surface area contributed by atoms with Crippen molar-refractivity contribution in [3.05, 3.63) is 59.2 Å². The molecular formula is C18H21N3O3. The Labute approximate surface area is 141 Å². The second-order valence-electron chi connectivity index (χ2n) is 6.11. The van der Waals surface area contributed by atoms with Crippen molar-refractivity contribution in [2.45, 2.75) is 32.1 Å². The quantitative estimate of drug-likeness (QED) is 0.919. The Morgan fingerprint density at radius 1 is 1.38 bits per heavy atom. The summed E-state index contributed by atoms with van der Waals surface area (Å²) in [6, 6.07) is 9.00. The number of benzene rings is 1. The number of ether oxygens (including phenoxy) is 1. The van der Waals surface area contributed by atoms with E-state index in [0.29, 0.717) is 37.5 Å². The molecule has 2 aromatic rings. The second kappa shape index (κ2) is 6.67. The molecule has 1 aromatic carbocycles. The number of hydrogen-bond donors (Lipinski definition) is 1. The van der Waals surface area contributed by atoms with Crippen molar-refractivity contribution in [2.24, 2.45) is 0 Å². The maximum Gasteiger partial charge on any atom is 0.259 e. The molecule has 1 aliphatic heterocycles. The molecule has 1 aliphatic rings. The molecule has 0 unspecified atom stereocenters. The molecule has 3 rings (SSSR count). The number of fused-ring (bicyclic) bond motifs is 1. The third-order valence-corrected chi connectivity index (χ3v) is 4.30. The first-order valence-corrected chi connectivity index (χ1v) is 7.92. The monoisotopic (exact) mass is 327 g/mol. The number of methoxy groups -OCH3 is 1. The zero-order valence-corrected chi connectivity index (χ0v) is 13.9. The highest BCUT2D eigenvalue weighted by Gasteiger charge is 2.37. The number of hydrogen-bond acceptors (Lipinski definition) is 5. The first kappa shape index (κ1) is 16.5. The Kier molecular flexibility index (Phi) is 4.59. The van der Waals surface area contributed by atoms with Crippen molar-refractivity contribution >= 4 is 5.91 Å². The van der Waals surface area contributed by atoms with E-state index in [1.807, 2.05) is 18.2 Å². The summed E-state index contributed by atoms with van der Waals surface area (Å²) in [5, 5.41) is 10.7. The van der Waals surface area contributed by atoms with Gasteiger partial charge in [-0.1, -0.05) is 30.3 Å². The fourth-order valence-electron chi connectivity index (χ4n) is 2.92. The minimum atomic E-state index is -1.55. The van der Waals surface area contributed by atoms with Gasteiger partial charge in [-0.05, 0) is 12.5 Å². The first-order valence-electron chi connectivity index (χ1n) is 7.92. The lowest BCUT2D eigenvalue weighted by molar-refractivity contribution is -0.151. The van der Waals surface area contributed by atoms with Gasteiger partial charge >= 0.3 is 0 Å². The van der Waals surface area contributed by atoms with Crippen LogP contribution in [-0.4, -0.2) is 39.5 Å². The molecule has 0 bridgehead atoms. The summed E-state index contributed by atoms with van der Waals surface area (Å²) in [5.74, 6) is 0.340. The molecule has 2 heterocycles. The summed E-state index contributed by atoms with van der Waals surface area (Å²) in [7, 11) is 1.61. The summed E-state index contributed by atoms with van der Waals surface area (Å²) < 4.78 is 5.05. The minimum absolute atomic E-state index is 0.305. The van der Waals surface area contributed by atoms with E-state index in [0.717, 1.165) is 11.3 Å². The SMILES string of the molecule is COCc1ncc2c(n1)CCN(C(=O)[C@@](C)(O)c1ccccc1)C2. The topological polar surface area (TPSA) is 75.6 Å². The van der Waals surface area contributed by atoms with Gasteiger partial charge in [0.25, 0.3) is 5.91 Å². The number of aromatic nitrogens is 2. The van der Waals surface area contributed by atoms with Gasteiger partial charge in [0.15, 0.2) is 11.4 Å². The standard InChI is InChI=1S/C18H21N3O3/c1-18(23,14-6-4-3-5-7-14)17(22)21-9-8-15-13(11-21)10-19-16(20-15)12-24-2/h3-7,10,23H,8-9,11-12H2,1-2H3/t18-/m0/s1. The Bertz CT molecular complexity index is 732. The van der Waals surface area contributed by atoms with E-state index in [-0.39, 0.29) is 5.91 Å². The van der Waals surface area contributed by atoms with Gasteiger partial charge in [-0.3, -0.25) is 4.79 Å². The average molecular weight is 327 g/mol. The summed E-state index contributed by atoms with van der Waals surface area (Å²) in [6.45, 7) is 2.85. The molecule has 0 aliphatic carbocycles. The summed E-state index contributed by atoms with van der Waals surface area (Å²) in [6.07, 6.45) is 2.39. The van der Waals surface area contributed by atoms with Gasteiger partial charge in [-0.15, -0.1) is 0 Å². The summed E-state index contributed by atoms with van der Waals surface area (Å²) in [5.41, 5.74) is 0.904. The Balaban J connectivity index is 1.78. The lowest BCUT2D eigenvalue weighted by Gasteiger charge is -2.34. The molecule has 1 N–H and O–H groups in total. The molecule has 126 valence electrons. The first-order chi connectivity index (χ1) is 11.5. The van der Waals surface area contributed by atoms with E-state index in [2.05, 4.69) is 9.97 Å². The highest BCUT2D eigenvalue weighted by Crippen LogP contribution is 2.26. The fraction of sp³-hybridized carbons (Fsp3) is 0.389. The maximum atomic E-state index is 12.8. The highest BCUT2D eigenvalue weighted by molar-refractivity contribution is 5.86. The third kappa shape index (κ3) is 3.16. The zero-order chi connectivity index (χ0) is 17.2. The number of aliphatic hydroxyl groups is 1. The second-order valence-corrected chi connectivity index (χ2v) is 6.11. The fourth-order valence-corrected chi connectivity index (χ4v) is 2.92. The van der Waals surface area contributed by atoms with Crippen LogP contribution in [0.3, 0.4) is 0 Å². The Morgan fingerprint density at radius 3 is 2.83 bits per heavy atom. The number of nitrogens with zero attached hydrogens (tertiary/aromatic N) is 3. The van der Waals surface area contributed by atoms with Gasteiger partial charge in [0.1, 0.15) is 6.61 Å². The van der Waals surface area contributed by atoms with Crippen LogP contribution in [0.2, 0.25) is 0 Å². The molecule has 24 heavy (non-hydrogen) atoms. The number of amides is 1. The molecule has 1 atom stereocenters. The zero-order valence-electron chi connectivity index (χ0n) is 13.9. The molecule has 0 saturated heterocycles. The van der Waals surface area contributed by atoms with Gasteiger partial charge in [0.2, 0.25) is 0 Å². The van der Waals surface area contributed by atoms with Crippen molar-refractivity contribution in [2.75, 3.05) is 13.7 Å². The maximum absolute atomic E-state index is 12.8. The van der Waals surface area contributed by atoms with Crippen molar-refractivity contribution < 1.29 is 14.6 Å². The molecule has 1 aromatic heterocycles. The Morgan fingerprint density at radius 2 is 2.12 bits per heavy atom. The number of rotatable bonds is 4. The molecule has 0 saturated carbocycles. The lowest BCUT2D eigenvalue weighted by atomic mass is 9.93. The molecule has 0 spiro atoms. The van der Waals surface area contributed by atoms with Gasteiger partial charge in [-0.2, -0.15) is 0 Å². The van der Waals surface area contributed by atoms with Crippen molar-refractivity contribution in [1.29, 1.82) is 0 Å². The van der Waals surface area contributed by atoms with E-state index in [4.69, 9.17) is 4.74 Å². The van der Waals surface area contributed by atoms with Crippen molar-refractivity contribution in [1.82, 2.24) is 14.9 Å². The molecule has 0 fully saturated rings. The van der Waals surface area contributed by atoms with Gasteiger partial charge in [-0.25, -0.2) is 9.97 Å². The lowest BCUT2D eigenvalue weighted by Crippen LogP contribution is -2.47. The number of carbonyl (C=O) groups is 1. The van der Waals surface area contributed by atoms with Crippen molar-refractivity contribution in [3.63, 3.8) is 0 Å². The van der Waals surface area contributed by atoms with Crippen LogP contribution in [0.25, 0.3) is 0 Å². The van der Waals surface area contributed by atoms with Crippen LogP contribution in [-0.2, 0) is 34.7 Å². The van der Waals surface area contributed by atoms with Crippen LogP contribution < -0.4 is 0 Å². The summed E-state index contributed by atoms with van der Waals surface area (Å²) in [4.78, 5) is 23.2. The van der Waals surface area contributed by atoms with Crippen LogP contribution >= 0.6 is 0 Å². The van der Waals surface area contributed by atoms with Crippen LogP contribution in [0.1, 0.15) is 29.6 Å². The number of carbonyl (C=O) groups excluding carboxylic acids is 1. The van der Waals surface area contributed by atoms with E-state index in [1.54, 1.807) is 37.3 Å². The van der Waals surface area contributed by atoms with Crippen LogP contribution in [0.5, 0.6) is 0 Å². The predicted molar refractivity (Wildman–Crippen MR) is 87.9 cm³/mol. The largest absolute Gasteiger partial charge is 0.377 e. The molecular weight excluding hydrogens is 306 g/mol. The van der Waals surface area contributed by atoms with Gasteiger partial charge in [0.05, 0.1) is 5.69 Å². The van der Waals surface area contributed by atoms with Gasteiger partial charge in [0, 0.05) is 38.4 Å². The Hall–Kier alpha value is -2.31. The van der Waals surface area contributed by atoms with E-state index in [1.165, 1.54) is 0 Å². The van der Waals surface area contributed by atoms with Crippen molar-refractivity contribution in [3.8, 4) is 0 Å². The van der Waals surface area contributed by atoms with Crippen LogP contribution in [0.4, 0.5) is 0 Å².